The van der Waals surface area contributed by atoms with Gasteiger partial charge in [-0.3, -0.25) is 14.4 Å². The largest absolute Gasteiger partial charge is 0.462 e. The van der Waals surface area contributed by atoms with Crippen LogP contribution in [0, 0.1) is 0 Å². The van der Waals surface area contributed by atoms with Gasteiger partial charge in [0.1, 0.15) is 13.2 Å². The minimum absolute atomic E-state index is 0.0766. The highest BCUT2D eigenvalue weighted by molar-refractivity contribution is 5.71. The summed E-state index contributed by atoms with van der Waals surface area (Å²) in [6.07, 6.45) is 62.7. The van der Waals surface area contributed by atoms with E-state index < -0.39 is 6.10 Å². The lowest BCUT2D eigenvalue weighted by Crippen LogP contribution is -2.30. The summed E-state index contributed by atoms with van der Waals surface area (Å²) in [5, 5.41) is 0. The summed E-state index contributed by atoms with van der Waals surface area (Å²) in [7, 11) is 0. The molecule has 0 N–H and O–H groups in total. The molecule has 0 aromatic heterocycles. The third-order valence-corrected chi connectivity index (χ3v) is 12.4. The molecule has 6 heteroatoms. The molecule has 374 valence electrons. The molecule has 0 aliphatic heterocycles. The number of carbonyl (C=O) groups excluding carboxylic acids is 3. The molecule has 0 heterocycles. The third kappa shape index (κ3) is 50.6. The van der Waals surface area contributed by atoms with Crippen LogP contribution in [0.1, 0.15) is 297 Å². The van der Waals surface area contributed by atoms with E-state index in [0.717, 1.165) is 83.5 Å². The first-order valence-electron chi connectivity index (χ1n) is 28.0. The number of carbonyl (C=O) groups is 3. The van der Waals surface area contributed by atoms with Crippen molar-refractivity contribution in [1.82, 2.24) is 0 Å². The van der Waals surface area contributed by atoms with E-state index in [9.17, 15) is 14.4 Å². The van der Waals surface area contributed by atoms with Gasteiger partial charge < -0.3 is 14.2 Å². The van der Waals surface area contributed by atoms with E-state index in [1.807, 2.05) is 0 Å². The Morgan fingerprint density at radius 2 is 0.578 bits per heavy atom. The van der Waals surface area contributed by atoms with Crippen LogP contribution in [0.5, 0.6) is 0 Å². The van der Waals surface area contributed by atoms with Crippen LogP contribution in [0.25, 0.3) is 0 Å². The van der Waals surface area contributed by atoms with Crippen molar-refractivity contribution in [3.8, 4) is 0 Å². The zero-order chi connectivity index (χ0) is 46.5. The topological polar surface area (TPSA) is 78.9 Å². The predicted octanol–water partition coefficient (Wildman–Crippen LogP) is 18.5. The molecule has 0 amide bonds. The molecule has 1 atom stereocenters. The number of rotatable bonds is 51. The van der Waals surface area contributed by atoms with Crippen LogP contribution in [0.15, 0.2) is 36.5 Å². The summed E-state index contributed by atoms with van der Waals surface area (Å²) in [5.74, 6) is -0.885. The average molecular weight is 899 g/mol. The number of esters is 3. The summed E-state index contributed by atoms with van der Waals surface area (Å²) >= 11 is 0. The van der Waals surface area contributed by atoms with Crippen LogP contribution in [0.3, 0.4) is 0 Å². The fourth-order valence-electron chi connectivity index (χ4n) is 8.10. The SMILES string of the molecule is CCCC/C=C\C/C=C\CCCCCCCC(=O)OCC(COC(=O)CCCCCCCCCCCCCCCCCCC)OC(=O)CCCCCCC/C=C\CCCCCCCC. The van der Waals surface area contributed by atoms with Crippen LogP contribution in [0.4, 0.5) is 0 Å². The first-order chi connectivity index (χ1) is 31.5. The van der Waals surface area contributed by atoms with Crippen molar-refractivity contribution in [1.29, 1.82) is 0 Å². The minimum atomic E-state index is -0.779. The van der Waals surface area contributed by atoms with Crippen molar-refractivity contribution in [2.45, 2.75) is 303 Å². The molecule has 0 bridgehead atoms. The lowest BCUT2D eigenvalue weighted by Gasteiger charge is -2.18. The van der Waals surface area contributed by atoms with Gasteiger partial charge in [-0.1, -0.05) is 243 Å². The lowest BCUT2D eigenvalue weighted by atomic mass is 10.0. The molecule has 0 aliphatic carbocycles. The highest BCUT2D eigenvalue weighted by Gasteiger charge is 2.19. The van der Waals surface area contributed by atoms with Crippen molar-refractivity contribution in [3.05, 3.63) is 36.5 Å². The maximum Gasteiger partial charge on any atom is 0.306 e. The Kier molecular flexibility index (Phi) is 51.3. The molecule has 64 heavy (non-hydrogen) atoms. The van der Waals surface area contributed by atoms with E-state index >= 15 is 0 Å². The van der Waals surface area contributed by atoms with E-state index in [0.29, 0.717) is 19.3 Å². The van der Waals surface area contributed by atoms with Crippen molar-refractivity contribution < 1.29 is 28.6 Å². The Morgan fingerprint density at radius 3 is 0.922 bits per heavy atom. The van der Waals surface area contributed by atoms with Gasteiger partial charge in [0.25, 0.3) is 0 Å². The Bertz CT molecular complexity index is 1080. The summed E-state index contributed by atoms with van der Waals surface area (Å²) in [6, 6.07) is 0. The van der Waals surface area contributed by atoms with Crippen molar-refractivity contribution in [3.63, 3.8) is 0 Å². The minimum Gasteiger partial charge on any atom is -0.462 e. The maximum absolute atomic E-state index is 12.8. The monoisotopic (exact) mass is 899 g/mol. The van der Waals surface area contributed by atoms with Gasteiger partial charge in [0.2, 0.25) is 0 Å². The summed E-state index contributed by atoms with van der Waals surface area (Å²) in [6.45, 7) is 6.61. The van der Waals surface area contributed by atoms with Crippen LogP contribution < -0.4 is 0 Å². The summed E-state index contributed by atoms with van der Waals surface area (Å²) < 4.78 is 16.8. The number of allylic oxidation sites excluding steroid dienone is 6. The van der Waals surface area contributed by atoms with E-state index in [4.69, 9.17) is 14.2 Å². The second-order valence-electron chi connectivity index (χ2n) is 18.8. The molecule has 0 saturated heterocycles. The third-order valence-electron chi connectivity index (χ3n) is 12.4. The van der Waals surface area contributed by atoms with Gasteiger partial charge >= 0.3 is 17.9 Å². The quantitative estimate of drug-likeness (QED) is 0.0262. The van der Waals surface area contributed by atoms with Gasteiger partial charge in [-0.2, -0.15) is 0 Å². The zero-order valence-corrected chi connectivity index (χ0v) is 42.8. The van der Waals surface area contributed by atoms with Gasteiger partial charge in [0.05, 0.1) is 0 Å². The summed E-state index contributed by atoms with van der Waals surface area (Å²) in [5.41, 5.74) is 0. The molecular formula is C58H106O6. The van der Waals surface area contributed by atoms with Gasteiger partial charge in [0, 0.05) is 19.3 Å². The van der Waals surface area contributed by atoms with Gasteiger partial charge in [-0.15, -0.1) is 0 Å². The number of hydrogen-bond acceptors (Lipinski definition) is 6. The van der Waals surface area contributed by atoms with Crippen LogP contribution in [0.2, 0.25) is 0 Å². The molecule has 1 unspecified atom stereocenters. The first-order valence-corrected chi connectivity index (χ1v) is 28.0. The summed E-state index contributed by atoms with van der Waals surface area (Å²) in [4.78, 5) is 38.1. The highest BCUT2D eigenvalue weighted by Crippen LogP contribution is 2.16. The fraction of sp³-hybridized carbons (Fsp3) is 0.845. The van der Waals surface area contributed by atoms with Crippen LogP contribution in [-0.4, -0.2) is 37.2 Å². The van der Waals surface area contributed by atoms with Crippen LogP contribution in [-0.2, 0) is 28.6 Å². The van der Waals surface area contributed by atoms with Gasteiger partial charge in [-0.05, 0) is 70.6 Å². The second kappa shape index (κ2) is 53.2. The van der Waals surface area contributed by atoms with Gasteiger partial charge in [-0.25, -0.2) is 0 Å². The molecule has 0 saturated carbocycles. The Morgan fingerprint density at radius 1 is 0.312 bits per heavy atom. The Hall–Kier alpha value is -2.37. The maximum atomic E-state index is 12.8. The molecular weight excluding hydrogens is 793 g/mol. The van der Waals surface area contributed by atoms with Crippen molar-refractivity contribution in [2.24, 2.45) is 0 Å². The van der Waals surface area contributed by atoms with Crippen molar-refractivity contribution in [2.75, 3.05) is 13.2 Å². The molecule has 0 radical (unpaired) electrons. The number of ether oxygens (including phenoxy) is 3. The Balaban J connectivity index is 4.36. The normalized spacial score (nSPS) is 12.2. The second-order valence-corrected chi connectivity index (χ2v) is 18.8. The molecule has 0 aromatic rings. The van der Waals surface area contributed by atoms with E-state index in [1.165, 1.54) is 173 Å². The van der Waals surface area contributed by atoms with E-state index in [1.54, 1.807) is 0 Å². The predicted molar refractivity (Wildman–Crippen MR) is 275 cm³/mol. The molecule has 0 rings (SSSR count). The fourth-order valence-corrected chi connectivity index (χ4v) is 8.10. The number of unbranched alkanes of at least 4 members (excludes halogenated alkanes) is 34. The van der Waals surface area contributed by atoms with Crippen molar-refractivity contribution >= 4 is 17.9 Å². The molecule has 0 fully saturated rings. The molecule has 6 nitrogen and oxygen atoms in total. The molecule has 0 aromatic carbocycles. The number of hydrogen-bond donors (Lipinski definition) is 0. The Labute approximate surface area is 397 Å². The molecule has 0 aliphatic rings. The lowest BCUT2D eigenvalue weighted by molar-refractivity contribution is -0.167. The van der Waals surface area contributed by atoms with E-state index in [-0.39, 0.29) is 31.1 Å². The zero-order valence-electron chi connectivity index (χ0n) is 42.8. The van der Waals surface area contributed by atoms with E-state index in [2.05, 4.69) is 57.2 Å². The highest BCUT2D eigenvalue weighted by atomic mass is 16.6. The van der Waals surface area contributed by atoms with Crippen LogP contribution >= 0.6 is 0 Å². The first kappa shape index (κ1) is 61.6. The standard InChI is InChI=1S/C58H106O6/c1-4-7-10-13-16-19-22-25-28-29-31-33-36-39-42-45-48-51-57(60)63-54-55(53-62-56(59)50-47-44-41-38-35-32-27-24-21-18-15-12-9-6-3)64-58(61)52-49-46-43-40-37-34-30-26-23-20-17-14-11-8-5-2/h15,18,24,26-27,30,55H,4-14,16-17,19-23,25,28-29,31-54H2,1-3H3/b18-15-,27-24-,30-26-. The molecule has 0 spiro atoms. The smallest absolute Gasteiger partial charge is 0.306 e. The average Bonchev–Trinajstić information content (AvgIpc) is 3.29. The van der Waals surface area contributed by atoms with Gasteiger partial charge in [0.15, 0.2) is 6.10 Å².